The van der Waals surface area contributed by atoms with Gasteiger partial charge in [-0.15, -0.1) is 0 Å². The fourth-order valence-corrected chi connectivity index (χ4v) is 3.63. The molecule has 0 spiro atoms. The van der Waals surface area contributed by atoms with Crippen LogP contribution in [0.1, 0.15) is 23.8 Å². The van der Waals surface area contributed by atoms with Crippen molar-refractivity contribution in [1.82, 2.24) is 25.4 Å². The van der Waals surface area contributed by atoms with Crippen molar-refractivity contribution in [2.45, 2.75) is 13.3 Å². The van der Waals surface area contributed by atoms with Crippen molar-refractivity contribution in [2.75, 3.05) is 7.05 Å². The maximum atomic E-state index is 13.1. The second kappa shape index (κ2) is 8.59. The van der Waals surface area contributed by atoms with Crippen LogP contribution >= 0.6 is 27.5 Å². The summed E-state index contributed by atoms with van der Waals surface area (Å²) in [6, 6.07) is 6.93. The molecule has 0 aromatic carbocycles. The summed E-state index contributed by atoms with van der Waals surface area (Å²) in [5.74, 6) is -1.15. The molecule has 2 aromatic heterocycles. The second-order valence-electron chi connectivity index (χ2n) is 6.28. The molecule has 0 fully saturated rings. The quantitative estimate of drug-likeness (QED) is 0.706. The molecule has 10 heteroatoms. The summed E-state index contributed by atoms with van der Waals surface area (Å²) < 4.78 is 1.75. The molecule has 0 saturated carbocycles. The average molecular weight is 476 g/mol. The average Bonchev–Trinajstić information content (AvgIpc) is 3.10. The first kappa shape index (κ1) is 20.8. The number of nitriles is 1. The van der Waals surface area contributed by atoms with E-state index in [9.17, 15) is 14.9 Å². The van der Waals surface area contributed by atoms with Crippen LogP contribution in [0.5, 0.6) is 0 Å². The van der Waals surface area contributed by atoms with Crippen molar-refractivity contribution in [2.24, 2.45) is 5.92 Å². The summed E-state index contributed by atoms with van der Waals surface area (Å²) in [4.78, 5) is 29.6. The zero-order chi connectivity index (χ0) is 21.1. The van der Waals surface area contributed by atoms with Gasteiger partial charge < -0.3 is 10.6 Å². The van der Waals surface area contributed by atoms with Gasteiger partial charge in [0.05, 0.1) is 17.0 Å². The molecule has 2 amide bonds. The number of hydrogen-bond donors (Lipinski definition) is 2. The van der Waals surface area contributed by atoms with E-state index in [4.69, 9.17) is 11.6 Å². The Kier molecular flexibility index (Phi) is 6.15. The van der Waals surface area contributed by atoms with E-state index in [-0.39, 0.29) is 18.0 Å². The molecule has 1 atom stereocenters. The van der Waals surface area contributed by atoms with Crippen molar-refractivity contribution in [1.29, 1.82) is 5.26 Å². The molecule has 1 unspecified atom stereocenters. The lowest BCUT2D eigenvalue weighted by Gasteiger charge is -2.25. The van der Waals surface area contributed by atoms with Gasteiger partial charge in [-0.2, -0.15) is 10.4 Å². The van der Waals surface area contributed by atoms with Crippen LogP contribution < -0.4 is 10.6 Å². The number of aromatic nitrogens is 3. The highest BCUT2D eigenvalue weighted by Crippen LogP contribution is 2.29. The Morgan fingerprint density at radius 2 is 2.21 bits per heavy atom. The zero-order valence-corrected chi connectivity index (χ0v) is 17.9. The molecule has 1 aliphatic carbocycles. The van der Waals surface area contributed by atoms with Gasteiger partial charge >= 0.3 is 0 Å². The number of carbonyl (C=O) groups excluding carboxylic acids is 2. The van der Waals surface area contributed by atoms with Gasteiger partial charge in [0.2, 0.25) is 5.91 Å². The van der Waals surface area contributed by atoms with Crippen LogP contribution in [0.3, 0.4) is 0 Å². The summed E-state index contributed by atoms with van der Waals surface area (Å²) in [7, 11) is 1.51. The molecule has 8 nitrogen and oxygen atoms in total. The third kappa shape index (κ3) is 4.23. The van der Waals surface area contributed by atoms with Gasteiger partial charge in [0.15, 0.2) is 5.82 Å². The monoisotopic (exact) mass is 474 g/mol. The van der Waals surface area contributed by atoms with Crippen LogP contribution in [0.15, 0.2) is 51.9 Å². The minimum atomic E-state index is -0.679. The van der Waals surface area contributed by atoms with Crippen LogP contribution in [-0.2, 0) is 4.79 Å². The highest BCUT2D eigenvalue weighted by Gasteiger charge is 2.30. The van der Waals surface area contributed by atoms with Crippen molar-refractivity contribution in [3.05, 3.63) is 62.6 Å². The summed E-state index contributed by atoms with van der Waals surface area (Å²) in [6.07, 6.45) is 3.41. The predicted molar refractivity (Wildman–Crippen MR) is 110 cm³/mol. The predicted octanol–water partition coefficient (Wildman–Crippen LogP) is 2.90. The Morgan fingerprint density at radius 3 is 2.86 bits per heavy atom. The van der Waals surface area contributed by atoms with E-state index in [1.54, 1.807) is 31.3 Å². The van der Waals surface area contributed by atoms with Gasteiger partial charge in [0.1, 0.15) is 10.3 Å². The highest BCUT2D eigenvalue weighted by molar-refractivity contribution is 9.10. The first-order valence-electron chi connectivity index (χ1n) is 8.56. The number of hydrogen-bond acceptors (Lipinski definition) is 5. The summed E-state index contributed by atoms with van der Waals surface area (Å²) in [6.45, 7) is 1.74. The molecule has 0 bridgehead atoms. The summed E-state index contributed by atoms with van der Waals surface area (Å²) in [5.41, 5.74) is 1.73. The number of carbonyl (C=O) groups is 2. The fraction of sp³-hybridized carbons (Fsp3) is 0.211. The van der Waals surface area contributed by atoms with Crippen LogP contribution in [0, 0.1) is 17.2 Å². The minimum Gasteiger partial charge on any atom is -0.359 e. The number of pyridine rings is 1. The Balaban J connectivity index is 2.00. The molecular weight excluding hydrogens is 460 g/mol. The molecule has 0 saturated heterocycles. The minimum absolute atomic E-state index is 0.184. The van der Waals surface area contributed by atoms with Gasteiger partial charge in [-0.25, -0.2) is 9.67 Å². The van der Waals surface area contributed by atoms with Crippen LogP contribution in [0.4, 0.5) is 0 Å². The van der Waals surface area contributed by atoms with Crippen LogP contribution in [-0.4, -0.2) is 33.6 Å². The Labute approximate surface area is 180 Å². The SMILES string of the molecule is CNC(=O)C1CC(C#N)=CC(C)=C1NC(=O)c1cc(Br)nn1-c1ncccc1Cl. The third-order valence-electron chi connectivity index (χ3n) is 4.39. The zero-order valence-electron chi connectivity index (χ0n) is 15.5. The van der Waals surface area contributed by atoms with Gasteiger partial charge in [-0.1, -0.05) is 11.6 Å². The van der Waals surface area contributed by atoms with E-state index >= 15 is 0 Å². The maximum Gasteiger partial charge on any atom is 0.274 e. The lowest BCUT2D eigenvalue weighted by molar-refractivity contribution is -0.123. The molecule has 0 aliphatic heterocycles. The normalized spacial score (nSPS) is 16.1. The van der Waals surface area contributed by atoms with Crippen molar-refractivity contribution >= 4 is 39.3 Å². The van der Waals surface area contributed by atoms with Crippen LogP contribution in [0.25, 0.3) is 5.82 Å². The standard InChI is InChI=1S/C19H16BrClN6O2/c1-10-6-11(9-22)7-12(18(28)23-2)16(10)25-19(29)14-8-15(20)26-27(14)17-13(21)4-3-5-24-17/h3-6,8,12H,7H2,1-2H3,(H,23,28)(H,25,29). The first-order valence-corrected chi connectivity index (χ1v) is 9.73. The van der Waals surface area contributed by atoms with Crippen molar-refractivity contribution in [3.63, 3.8) is 0 Å². The molecule has 2 aromatic rings. The van der Waals surface area contributed by atoms with Crippen molar-refractivity contribution in [3.8, 4) is 11.9 Å². The topological polar surface area (TPSA) is 113 Å². The van der Waals surface area contributed by atoms with Gasteiger partial charge in [-0.05, 0) is 53.1 Å². The molecule has 2 heterocycles. The number of rotatable bonds is 4. The number of halogens is 2. The van der Waals surface area contributed by atoms with Crippen LogP contribution in [0.2, 0.25) is 5.02 Å². The number of amides is 2. The second-order valence-corrected chi connectivity index (χ2v) is 7.50. The molecule has 148 valence electrons. The number of allylic oxidation sites excluding steroid dienone is 3. The van der Waals surface area contributed by atoms with E-state index in [2.05, 4.69) is 42.7 Å². The molecule has 2 N–H and O–H groups in total. The summed E-state index contributed by atoms with van der Waals surface area (Å²) >= 11 is 9.47. The van der Waals surface area contributed by atoms with Gasteiger partial charge in [0.25, 0.3) is 5.91 Å². The van der Waals surface area contributed by atoms with Gasteiger partial charge in [0, 0.05) is 30.6 Å². The third-order valence-corrected chi connectivity index (χ3v) is 5.08. The Bertz CT molecular complexity index is 1100. The largest absolute Gasteiger partial charge is 0.359 e. The summed E-state index contributed by atoms with van der Waals surface area (Å²) in [5, 5.41) is 19.2. The first-order chi connectivity index (χ1) is 13.8. The number of nitrogens with one attached hydrogen (secondary N) is 2. The van der Waals surface area contributed by atoms with E-state index in [1.165, 1.54) is 17.8 Å². The van der Waals surface area contributed by atoms with E-state index in [0.717, 1.165) is 0 Å². The Hall–Kier alpha value is -2.96. The lowest BCUT2D eigenvalue weighted by atomic mass is 9.87. The van der Waals surface area contributed by atoms with E-state index < -0.39 is 11.8 Å². The maximum absolute atomic E-state index is 13.1. The van der Waals surface area contributed by atoms with E-state index in [1.807, 2.05) is 0 Å². The molecule has 29 heavy (non-hydrogen) atoms. The lowest BCUT2D eigenvalue weighted by Crippen LogP contribution is -2.38. The molecule has 0 radical (unpaired) electrons. The fourth-order valence-electron chi connectivity index (χ4n) is 3.05. The molecule has 3 rings (SSSR count). The van der Waals surface area contributed by atoms with Crippen molar-refractivity contribution < 1.29 is 9.59 Å². The Morgan fingerprint density at radius 1 is 1.45 bits per heavy atom. The highest BCUT2D eigenvalue weighted by atomic mass is 79.9. The molecule has 1 aliphatic rings. The van der Waals surface area contributed by atoms with Gasteiger partial charge in [-0.3, -0.25) is 9.59 Å². The van der Waals surface area contributed by atoms with E-state index in [0.29, 0.717) is 32.3 Å². The number of nitrogens with zero attached hydrogens (tertiary/aromatic N) is 4. The molecular formula is C19H16BrClN6O2. The smallest absolute Gasteiger partial charge is 0.274 e.